The summed E-state index contributed by atoms with van der Waals surface area (Å²) in [6.07, 6.45) is 0. The number of aromatic nitrogens is 1. The van der Waals surface area contributed by atoms with Crippen molar-refractivity contribution in [3.05, 3.63) is 35.5 Å². The average Bonchev–Trinajstić information content (AvgIpc) is 2.68. The van der Waals surface area contributed by atoms with Crippen LogP contribution in [0.15, 0.2) is 24.3 Å². The van der Waals surface area contributed by atoms with Crippen LogP contribution in [0.4, 0.5) is 0 Å². The first-order valence-corrected chi connectivity index (χ1v) is 5.28. The number of para-hydroxylation sites is 1. The van der Waals surface area contributed by atoms with E-state index in [4.69, 9.17) is 5.11 Å². The van der Waals surface area contributed by atoms with Gasteiger partial charge in [0.05, 0.1) is 12.2 Å². The monoisotopic (exact) mass is 230 g/mol. The van der Waals surface area contributed by atoms with Crippen LogP contribution in [-0.2, 0) is 4.79 Å². The molecule has 2 aromatic rings. The Kier molecular flexibility index (Phi) is 2.02. The first-order chi connectivity index (χ1) is 8.18. The summed E-state index contributed by atoms with van der Waals surface area (Å²) in [7, 11) is 0. The molecule has 0 radical (unpaired) electrons. The summed E-state index contributed by atoms with van der Waals surface area (Å²) < 4.78 is 0. The Morgan fingerprint density at radius 2 is 2.12 bits per heavy atom. The Hall–Kier alpha value is -2.14. The van der Waals surface area contributed by atoms with Gasteiger partial charge in [-0.25, -0.2) is 0 Å². The Balaban J connectivity index is 2.32. The van der Waals surface area contributed by atoms with Gasteiger partial charge in [0.1, 0.15) is 6.04 Å². The summed E-state index contributed by atoms with van der Waals surface area (Å²) in [4.78, 5) is 26.0. The maximum atomic E-state index is 11.9. The van der Waals surface area contributed by atoms with E-state index in [-0.39, 0.29) is 12.3 Å². The van der Waals surface area contributed by atoms with Gasteiger partial charge in [0.2, 0.25) is 0 Å². The van der Waals surface area contributed by atoms with Crippen molar-refractivity contribution in [2.45, 2.75) is 6.04 Å². The second-order valence-corrected chi connectivity index (χ2v) is 4.03. The highest BCUT2D eigenvalue weighted by atomic mass is 16.4. The van der Waals surface area contributed by atoms with E-state index in [9.17, 15) is 9.59 Å². The summed E-state index contributed by atoms with van der Waals surface area (Å²) in [5.74, 6) is -1.06. The summed E-state index contributed by atoms with van der Waals surface area (Å²) in [6.45, 7) is 0.0613. The third kappa shape index (κ3) is 1.36. The Morgan fingerprint density at radius 1 is 1.35 bits per heavy atom. The molecular weight excluding hydrogens is 220 g/mol. The van der Waals surface area contributed by atoms with Crippen LogP contribution in [0.5, 0.6) is 0 Å². The summed E-state index contributed by atoms with van der Waals surface area (Å²) in [5, 5.41) is 12.6. The molecule has 5 nitrogen and oxygen atoms in total. The van der Waals surface area contributed by atoms with Crippen LogP contribution in [-0.4, -0.2) is 28.4 Å². The number of H-pyrrole nitrogens is 1. The minimum Gasteiger partial charge on any atom is -0.480 e. The number of aromatic amines is 1. The number of hydrogen-bond donors (Lipinski definition) is 3. The van der Waals surface area contributed by atoms with Crippen molar-refractivity contribution >= 4 is 22.7 Å². The SMILES string of the molecule is O=C1CNC(C(=O)O)c2[nH]c3ccccc3c21. The number of Topliss-reactive ketones (excluding diaryl/α,β-unsaturated/α-hetero) is 1. The van der Waals surface area contributed by atoms with Crippen molar-refractivity contribution in [3.8, 4) is 0 Å². The Morgan fingerprint density at radius 3 is 2.88 bits per heavy atom. The van der Waals surface area contributed by atoms with E-state index in [1.165, 1.54) is 0 Å². The molecular formula is C12H10N2O3. The molecule has 1 aliphatic heterocycles. The summed E-state index contributed by atoms with van der Waals surface area (Å²) >= 11 is 0. The van der Waals surface area contributed by atoms with Crippen LogP contribution in [0.25, 0.3) is 10.9 Å². The van der Waals surface area contributed by atoms with E-state index >= 15 is 0 Å². The van der Waals surface area contributed by atoms with Crippen LogP contribution in [0.2, 0.25) is 0 Å². The molecule has 0 bridgehead atoms. The van der Waals surface area contributed by atoms with E-state index in [0.29, 0.717) is 11.3 Å². The van der Waals surface area contributed by atoms with Gasteiger partial charge in [-0.05, 0) is 6.07 Å². The van der Waals surface area contributed by atoms with Gasteiger partial charge in [0, 0.05) is 16.5 Å². The fourth-order valence-electron chi connectivity index (χ4n) is 2.28. The zero-order chi connectivity index (χ0) is 12.0. The van der Waals surface area contributed by atoms with Gasteiger partial charge in [-0.1, -0.05) is 18.2 Å². The first kappa shape index (κ1) is 10.0. The molecule has 1 unspecified atom stereocenters. The quantitative estimate of drug-likeness (QED) is 0.684. The number of benzene rings is 1. The molecule has 0 spiro atoms. The van der Waals surface area contributed by atoms with Crippen LogP contribution in [0.1, 0.15) is 22.1 Å². The number of fused-ring (bicyclic) bond motifs is 3. The normalized spacial score (nSPS) is 19.3. The number of rotatable bonds is 1. The smallest absolute Gasteiger partial charge is 0.326 e. The highest BCUT2D eigenvalue weighted by Crippen LogP contribution is 2.29. The number of carboxylic acids is 1. The third-order valence-electron chi connectivity index (χ3n) is 3.02. The molecule has 0 fully saturated rings. The fraction of sp³-hybridized carbons (Fsp3) is 0.167. The van der Waals surface area contributed by atoms with Crippen LogP contribution >= 0.6 is 0 Å². The lowest BCUT2D eigenvalue weighted by atomic mass is 9.98. The summed E-state index contributed by atoms with van der Waals surface area (Å²) in [5.41, 5.74) is 1.75. The average molecular weight is 230 g/mol. The highest BCUT2D eigenvalue weighted by molar-refractivity contribution is 6.12. The molecule has 2 heterocycles. The van der Waals surface area contributed by atoms with Crippen molar-refractivity contribution in [3.63, 3.8) is 0 Å². The number of carboxylic acid groups (broad SMARTS) is 1. The maximum Gasteiger partial charge on any atom is 0.326 e. The van der Waals surface area contributed by atoms with E-state index in [1.54, 1.807) is 0 Å². The van der Waals surface area contributed by atoms with Crippen molar-refractivity contribution in [1.82, 2.24) is 10.3 Å². The van der Waals surface area contributed by atoms with Gasteiger partial charge in [0.15, 0.2) is 5.78 Å². The van der Waals surface area contributed by atoms with Crippen molar-refractivity contribution in [2.75, 3.05) is 6.54 Å². The zero-order valence-corrected chi connectivity index (χ0v) is 8.86. The second-order valence-electron chi connectivity index (χ2n) is 4.03. The van der Waals surface area contributed by atoms with E-state index < -0.39 is 12.0 Å². The van der Waals surface area contributed by atoms with Crippen molar-refractivity contribution in [1.29, 1.82) is 0 Å². The molecule has 0 saturated carbocycles. The van der Waals surface area contributed by atoms with Crippen LogP contribution in [0, 0.1) is 0 Å². The molecule has 0 saturated heterocycles. The second kappa shape index (κ2) is 3.43. The van der Waals surface area contributed by atoms with Crippen molar-refractivity contribution in [2.24, 2.45) is 0 Å². The van der Waals surface area contributed by atoms with E-state index in [0.717, 1.165) is 10.9 Å². The van der Waals surface area contributed by atoms with Gasteiger partial charge < -0.3 is 10.1 Å². The molecule has 17 heavy (non-hydrogen) atoms. The molecule has 86 valence electrons. The van der Waals surface area contributed by atoms with Crippen LogP contribution in [0.3, 0.4) is 0 Å². The Bertz CT molecular complexity index is 630. The lowest BCUT2D eigenvalue weighted by Crippen LogP contribution is -2.38. The lowest BCUT2D eigenvalue weighted by Gasteiger charge is -2.19. The molecule has 5 heteroatoms. The van der Waals surface area contributed by atoms with Gasteiger partial charge >= 0.3 is 5.97 Å². The van der Waals surface area contributed by atoms with Gasteiger partial charge in [-0.15, -0.1) is 0 Å². The standard InChI is InChI=1S/C12H10N2O3/c15-8-5-13-11(12(16)17)10-9(8)6-3-1-2-4-7(6)14-10/h1-4,11,13-14H,5H2,(H,16,17). The third-order valence-corrected chi connectivity index (χ3v) is 3.02. The molecule has 1 aromatic carbocycles. The van der Waals surface area contributed by atoms with Crippen molar-refractivity contribution < 1.29 is 14.7 Å². The minimum absolute atomic E-state index is 0.0613. The largest absolute Gasteiger partial charge is 0.480 e. The number of carbonyl (C=O) groups is 2. The van der Waals surface area contributed by atoms with Gasteiger partial charge in [-0.2, -0.15) is 0 Å². The topological polar surface area (TPSA) is 82.2 Å². The fourth-order valence-corrected chi connectivity index (χ4v) is 2.28. The predicted molar refractivity (Wildman–Crippen MR) is 61.0 cm³/mol. The lowest BCUT2D eigenvalue weighted by molar-refractivity contribution is -0.139. The zero-order valence-electron chi connectivity index (χ0n) is 8.86. The number of carbonyl (C=O) groups excluding carboxylic acids is 1. The number of nitrogens with one attached hydrogen (secondary N) is 2. The maximum absolute atomic E-state index is 11.9. The van der Waals surface area contributed by atoms with Gasteiger partial charge in [-0.3, -0.25) is 14.9 Å². The molecule has 0 amide bonds. The molecule has 1 atom stereocenters. The number of hydrogen-bond acceptors (Lipinski definition) is 3. The number of ketones is 1. The highest BCUT2D eigenvalue weighted by Gasteiger charge is 2.33. The molecule has 3 N–H and O–H groups in total. The Labute approximate surface area is 96.4 Å². The molecule has 3 rings (SSSR count). The molecule has 1 aromatic heterocycles. The summed E-state index contributed by atoms with van der Waals surface area (Å²) in [6, 6.07) is 6.50. The molecule has 0 aliphatic carbocycles. The van der Waals surface area contributed by atoms with E-state index in [2.05, 4.69) is 10.3 Å². The number of aliphatic carboxylic acids is 1. The minimum atomic E-state index is -0.981. The van der Waals surface area contributed by atoms with E-state index in [1.807, 2.05) is 24.3 Å². The molecule has 1 aliphatic rings. The van der Waals surface area contributed by atoms with Gasteiger partial charge in [0.25, 0.3) is 0 Å². The van der Waals surface area contributed by atoms with Crippen LogP contribution < -0.4 is 5.32 Å². The first-order valence-electron chi connectivity index (χ1n) is 5.28. The predicted octanol–water partition coefficient (Wildman–Crippen LogP) is 1.08.